The van der Waals surface area contributed by atoms with Crippen molar-refractivity contribution in [2.45, 2.75) is 33.4 Å². The van der Waals surface area contributed by atoms with E-state index in [2.05, 4.69) is 45.0 Å². The van der Waals surface area contributed by atoms with Crippen LogP contribution in [0.25, 0.3) is 0 Å². The Morgan fingerprint density at radius 2 is 1.59 bits per heavy atom. The fourth-order valence-corrected chi connectivity index (χ4v) is 2.67. The summed E-state index contributed by atoms with van der Waals surface area (Å²) in [5.74, 6) is 0. The van der Waals surface area contributed by atoms with Crippen molar-refractivity contribution in [1.29, 1.82) is 0 Å². The molecule has 94 valence electrons. The summed E-state index contributed by atoms with van der Waals surface area (Å²) >= 11 is 0. The van der Waals surface area contributed by atoms with Gasteiger partial charge in [-0.3, -0.25) is 0 Å². The zero-order valence-corrected chi connectivity index (χ0v) is 11.4. The Hall–Kier alpha value is -0.860. The van der Waals surface area contributed by atoms with Crippen LogP contribution in [0.1, 0.15) is 25.0 Å². The second-order valence-corrected chi connectivity index (χ2v) is 5.73. The van der Waals surface area contributed by atoms with E-state index in [1.807, 2.05) is 0 Å². The van der Waals surface area contributed by atoms with E-state index >= 15 is 0 Å². The smallest absolute Gasteiger partial charge is 0.127 e. The van der Waals surface area contributed by atoms with E-state index in [-0.39, 0.29) is 0 Å². The molecule has 1 fully saturated rings. The van der Waals surface area contributed by atoms with Gasteiger partial charge in [0.05, 0.1) is 6.04 Å². The van der Waals surface area contributed by atoms with Gasteiger partial charge < -0.3 is 9.80 Å². The molecule has 0 atom stereocenters. The van der Waals surface area contributed by atoms with Crippen LogP contribution in [-0.2, 0) is 6.54 Å². The molecule has 0 saturated carbocycles. The van der Waals surface area contributed by atoms with Gasteiger partial charge in [-0.1, -0.05) is 29.8 Å². The SMILES string of the molecule is Cc1ccc(C[NH+]2CC[NH+](C(C)C)CC2)cc1. The Balaban J connectivity index is 1.84. The average Bonchev–Trinajstić information content (AvgIpc) is 2.33. The maximum Gasteiger partial charge on any atom is 0.127 e. The van der Waals surface area contributed by atoms with E-state index in [0.717, 1.165) is 6.04 Å². The van der Waals surface area contributed by atoms with Crippen molar-refractivity contribution < 1.29 is 9.80 Å². The number of hydrogen-bond donors (Lipinski definition) is 2. The highest BCUT2D eigenvalue weighted by Crippen LogP contribution is 2.01. The first-order chi connectivity index (χ1) is 8.15. The molecule has 0 aliphatic carbocycles. The van der Waals surface area contributed by atoms with Crippen LogP contribution in [0.15, 0.2) is 24.3 Å². The Bertz CT molecular complexity index is 334. The average molecular weight is 234 g/mol. The third-order valence-electron chi connectivity index (χ3n) is 3.99. The molecule has 1 aromatic rings. The molecule has 0 radical (unpaired) electrons. The maximum atomic E-state index is 2.33. The molecule has 0 spiro atoms. The minimum atomic E-state index is 0.788. The molecule has 2 heteroatoms. The second kappa shape index (κ2) is 5.65. The highest BCUT2D eigenvalue weighted by atomic mass is 15.3. The molecule has 1 aromatic carbocycles. The number of piperazine rings is 1. The van der Waals surface area contributed by atoms with Crippen LogP contribution >= 0.6 is 0 Å². The van der Waals surface area contributed by atoms with E-state index < -0.39 is 0 Å². The first kappa shape index (κ1) is 12.6. The quantitative estimate of drug-likeness (QED) is 0.710. The Kier molecular flexibility index (Phi) is 4.19. The fourth-order valence-electron chi connectivity index (χ4n) is 2.67. The lowest BCUT2D eigenvalue weighted by molar-refractivity contribution is -1.03. The maximum absolute atomic E-state index is 2.33. The summed E-state index contributed by atoms with van der Waals surface area (Å²) in [5, 5.41) is 0. The van der Waals surface area contributed by atoms with Crippen LogP contribution in [0.2, 0.25) is 0 Å². The molecule has 2 nitrogen and oxygen atoms in total. The molecule has 0 amide bonds. The molecule has 0 bridgehead atoms. The van der Waals surface area contributed by atoms with Crippen molar-refractivity contribution >= 4 is 0 Å². The standard InChI is InChI=1S/C15H24N2/c1-13(2)17-10-8-16(9-11-17)12-15-6-4-14(3)5-7-15/h4-7,13H,8-12H2,1-3H3/p+2. The number of benzene rings is 1. The van der Waals surface area contributed by atoms with Crippen LogP contribution < -0.4 is 9.80 Å². The van der Waals surface area contributed by atoms with Gasteiger partial charge >= 0.3 is 0 Å². The predicted molar refractivity (Wildman–Crippen MR) is 71.4 cm³/mol. The van der Waals surface area contributed by atoms with Crippen molar-refractivity contribution in [2.24, 2.45) is 0 Å². The summed E-state index contributed by atoms with van der Waals surface area (Å²) in [6, 6.07) is 9.80. The van der Waals surface area contributed by atoms with Crippen LogP contribution in [0.3, 0.4) is 0 Å². The number of quaternary nitrogens is 2. The lowest BCUT2D eigenvalue weighted by Crippen LogP contribution is -3.28. The predicted octanol–water partition coefficient (Wildman–Crippen LogP) is -0.313. The largest absolute Gasteiger partial charge is 0.324 e. The lowest BCUT2D eigenvalue weighted by Gasteiger charge is -2.32. The van der Waals surface area contributed by atoms with Crippen molar-refractivity contribution in [3.05, 3.63) is 35.4 Å². The minimum absolute atomic E-state index is 0.788. The van der Waals surface area contributed by atoms with Crippen LogP contribution in [0.4, 0.5) is 0 Å². The van der Waals surface area contributed by atoms with Gasteiger partial charge in [-0.2, -0.15) is 0 Å². The Labute approximate surface area is 105 Å². The summed E-state index contributed by atoms with van der Waals surface area (Å²) in [6.45, 7) is 13.3. The van der Waals surface area contributed by atoms with E-state index in [9.17, 15) is 0 Å². The minimum Gasteiger partial charge on any atom is -0.324 e. The van der Waals surface area contributed by atoms with Crippen LogP contribution in [0, 0.1) is 6.92 Å². The Morgan fingerprint density at radius 3 is 2.12 bits per heavy atom. The van der Waals surface area contributed by atoms with Gasteiger partial charge in [-0.15, -0.1) is 0 Å². The lowest BCUT2D eigenvalue weighted by atomic mass is 10.1. The molecular weight excluding hydrogens is 208 g/mol. The zero-order chi connectivity index (χ0) is 12.3. The molecule has 17 heavy (non-hydrogen) atoms. The van der Waals surface area contributed by atoms with E-state index in [1.54, 1.807) is 9.80 Å². The monoisotopic (exact) mass is 234 g/mol. The molecule has 1 aliphatic heterocycles. The molecule has 2 rings (SSSR count). The van der Waals surface area contributed by atoms with Gasteiger partial charge in [-0.25, -0.2) is 0 Å². The van der Waals surface area contributed by atoms with Gasteiger partial charge in [0.2, 0.25) is 0 Å². The molecule has 2 N–H and O–H groups in total. The molecular formula is C15H26N2+2. The normalized spacial score (nSPS) is 25.2. The molecule has 1 aliphatic rings. The first-order valence-corrected chi connectivity index (χ1v) is 6.89. The molecule has 1 heterocycles. The topological polar surface area (TPSA) is 8.88 Å². The van der Waals surface area contributed by atoms with E-state index in [1.165, 1.54) is 43.9 Å². The van der Waals surface area contributed by atoms with E-state index in [4.69, 9.17) is 0 Å². The third kappa shape index (κ3) is 3.55. The van der Waals surface area contributed by atoms with Crippen LogP contribution in [-0.4, -0.2) is 32.2 Å². The molecule has 0 unspecified atom stereocenters. The molecule has 1 saturated heterocycles. The van der Waals surface area contributed by atoms with Gasteiger partial charge in [0.25, 0.3) is 0 Å². The second-order valence-electron chi connectivity index (χ2n) is 5.73. The summed E-state index contributed by atoms with van der Waals surface area (Å²) in [6.07, 6.45) is 0. The zero-order valence-electron chi connectivity index (χ0n) is 11.4. The third-order valence-corrected chi connectivity index (χ3v) is 3.99. The fraction of sp³-hybridized carbons (Fsp3) is 0.600. The van der Waals surface area contributed by atoms with E-state index in [0.29, 0.717) is 0 Å². The van der Waals surface area contributed by atoms with Crippen molar-refractivity contribution in [2.75, 3.05) is 26.2 Å². The number of rotatable bonds is 3. The number of aryl methyl sites for hydroxylation is 1. The first-order valence-electron chi connectivity index (χ1n) is 6.89. The van der Waals surface area contributed by atoms with Gasteiger partial charge in [-0.05, 0) is 20.8 Å². The number of hydrogen-bond acceptors (Lipinski definition) is 0. The Morgan fingerprint density at radius 1 is 1.00 bits per heavy atom. The van der Waals surface area contributed by atoms with Crippen LogP contribution in [0.5, 0.6) is 0 Å². The highest BCUT2D eigenvalue weighted by molar-refractivity contribution is 5.20. The summed E-state index contributed by atoms with van der Waals surface area (Å²) in [4.78, 5) is 3.52. The number of nitrogens with one attached hydrogen (secondary N) is 2. The van der Waals surface area contributed by atoms with Gasteiger partial charge in [0.1, 0.15) is 32.7 Å². The summed E-state index contributed by atoms with van der Waals surface area (Å²) < 4.78 is 0. The molecule has 0 aromatic heterocycles. The summed E-state index contributed by atoms with van der Waals surface area (Å²) in [7, 11) is 0. The van der Waals surface area contributed by atoms with Gasteiger partial charge in [0.15, 0.2) is 0 Å². The van der Waals surface area contributed by atoms with Crippen molar-refractivity contribution in [1.82, 2.24) is 0 Å². The van der Waals surface area contributed by atoms with Crippen molar-refractivity contribution in [3.8, 4) is 0 Å². The summed E-state index contributed by atoms with van der Waals surface area (Å²) in [5.41, 5.74) is 2.84. The van der Waals surface area contributed by atoms with Crippen molar-refractivity contribution in [3.63, 3.8) is 0 Å². The van der Waals surface area contributed by atoms with Gasteiger partial charge in [0, 0.05) is 5.56 Å². The highest BCUT2D eigenvalue weighted by Gasteiger charge is 2.24.